The fraction of sp³-hybridized carbons (Fsp3) is 0.516. The van der Waals surface area contributed by atoms with Crippen LogP contribution >= 0.6 is 11.6 Å². The van der Waals surface area contributed by atoms with E-state index in [-0.39, 0.29) is 0 Å². The lowest BCUT2D eigenvalue weighted by molar-refractivity contribution is 0.187. The van der Waals surface area contributed by atoms with E-state index in [2.05, 4.69) is 50.9 Å². The molecule has 6 rings (SSSR count). The van der Waals surface area contributed by atoms with Crippen molar-refractivity contribution < 1.29 is 4.74 Å². The second-order valence-electron chi connectivity index (χ2n) is 11.3. The lowest BCUT2D eigenvalue weighted by Crippen LogP contribution is -2.38. The zero-order valence-corrected chi connectivity index (χ0v) is 23.5. The number of fused-ring (bicyclic) bond motifs is 2. The van der Waals surface area contributed by atoms with Gasteiger partial charge in [-0.3, -0.25) is 0 Å². The zero-order chi connectivity index (χ0) is 26.8. The Hall–Kier alpha value is -3.08. The molecule has 2 aromatic carbocycles. The van der Waals surface area contributed by atoms with E-state index in [0.29, 0.717) is 37.7 Å². The lowest BCUT2D eigenvalue weighted by atomic mass is 9.97. The maximum Gasteiger partial charge on any atom is 0.318 e. The summed E-state index contributed by atoms with van der Waals surface area (Å²) in [5.74, 6) is 1.40. The van der Waals surface area contributed by atoms with Gasteiger partial charge in [-0.2, -0.15) is 9.97 Å². The molecule has 2 fully saturated rings. The van der Waals surface area contributed by atoms with Gasteiger partial charge in [0.2, 0.25) is 6.54 Å². The number of nitrogens with zero attached hydrogens (tertiary/aromatic N) is 6. The van der Waals surface area contributed by atoms with Crippen molar-refractivity contribution in [1.29, 1.82) is 0 Å². The van der Waals surface area contributed by atoms with E-state index in [4.69, 9.17) is 32.9 Å². The van der Waals surface area contributed by atoms with Gasteiger partial charge in [-0.1, -0.05) is 35.9 Å². The molecule has 0 spiro atoms. The van der Waals surface area contributed by atoms with Crippen molar-refractivity contribution in [2.24, 2.45) is 5.92 Å². The van der Waals surface area contributed by atoms with Crippen LogP contribution in [0.4, 0.5) is 11.5 Å². The van der Waals surface area contributed by atoms with Crippen LogP contribution in [0, 0.1) is 12.5 Å². The Morgan fingerprint density at radius 1 is 1.03 bits per heavy atom. The van der Waals surface area contributed by atoms with Gasteiger partial charge >= 0.3 is 6.01 Å². The first kappa shape index (κ1) is 26.2. The number of rotatable bonds is 6. The standard InChI is InChI=1S/C31H37ClN6O/c1-33-18-22-8-5-17-38(19-22)30-25-12-7-16-37(28-14-4-10-23-9-3-13-26(32)29(23)28)20-27(25)34-31(35-30)39-21-24-11-6-15-36(24)2/h3-4,9-10,13-14,22,24H,5-8,11-12,15-21H2,2H3/t22-,24-/m0/s1. The van der Waals surface area contributed by atoms with Crippen LogP contribution in [0.3, 0.4) is 0 Å². The van der Waals surface area contributed by atoms with E-state index in [1.165, 1.54) is 12.0 Å². The van der Waals surface area contributed by atoms with Crippen molar-refractivity contribution in [2.45, 2.75) is 51.1 Å². The summed E-state index contributed by atoms with van der Waals surface area (Å²) in [4.78, 5) is 21.0. The number of ether oxygens (including phenoxy) is 1. The number of likely N-dealkylation sites (N-methyl/N-ethyl adjacent to an activating group) is 1. The summed E-state index contributed by atoms with van der Waals surface area (Å²) < 4.78 is 6.32. The summed E-state index contributed by atoms with van der Waals surface area (Å²) >= 11 is 6.73. The van der Waals surface area contributed by atoms with Crippen molar-refractivity contribution >= 4 is 33.9 Å². The van der Waals surface area contributed by atoms with Gasteiger partial charge in [0.15, 0.2) is 0 Å². The molecule has 0 N–H and O–H groups in total. The van der Waals surface area contributed by atoms with E-state index in [1.54, 1.807) is 0 Å². The monoisotopic (exact) mass is 544 g/mol. The SMILES string of the molecule is [C-]#[N+]C[C@@H]1CCCN(c2nc(OC[C@@H]3CCCN3C)nc3c2CCCN(c2cccc4cccc(Cl)c24)C3)C1. The first-order valence-corrected chi connectivity index (χ1v) is 14.7. The number of aromatic nitrogens is 2. The predicted octanol–water partition coefficient (Wildman–Crippen LogP) is 5.84. The van der Waals surface area contributed by atoms with Crippen LogP contribution in [0.5, 0.6) is 6.01 Å². The van der Waals surface area contributed by atoms with Crippen molar-refractivity contribution in [1.82, 2.24) is 14.9 Å². The Labute approximate surface area is 236 Å². The highest BCUT2D eigenvalue weighted by molar-refractivity contribution is 6.36. The molecule has 3 aliphatic heterocycles. The summed E-state index contributed by atoms with van der Waals surface area (Å²) in [7, 11) is 2.17. The smallest absolute Gasteiger partial charge is 0.318 e. The topological polar surface area (TPSA) is 49.1 Å². The first-order valence-electron chi connectivity index (χ1n) is 14.3. The Bertz CT molecular complexity index is 1370. The minimum atomic E-state index is 0.387. The fourth-order valence-electron chi connectivity index (χ4n) is 6.56. The fourth-order valence-corrected chi connectivity index (χ4v) is 6.83. The van der Waals surface area contributed by atoms with Gasteiger partial charge in [0.1, 0.15) is 12.4 Å². The molecule has 0 radical (unpaired) electrons. The molecule has 3 aromatic rings. The summed E-state index contributed by atoms with van der Waals surface area (Å²) in [5, 5.41) is 3.02. The van der Waals surface area contributed by atoms with Gasteiger partial charge in [-0.05, 0) is 69.6 Å². The summed E-state index contributed by atoms with van der Waals surface area (Å²) in [5.41, 5.74) is 3.43. The highest BCUT2D eigenvalue weighted by Crippen LogP contribution is 2.37. The van der Waals surface area contributed by atoms with Crippen LogP contribution in [0.15, 0.2) is 36.4 Å². The van der Waals surface area contributed by atoms with E-state index >= 15 is 0 Å². The third-order valence-electron chi connectivity index (χ3n) is 8.66. The van der Waals surface area contributed by atoms with Gasteiger partial charge in [0.05, 0.1) is 17.3 Å². The van der Waals surface area contributed by atoms with Gasteiger partial charge in [-0.25, -0.2) is 6.57 Å². The second kappa shape index (κ2) is 11.6. The average Bonchev–Trinajstić information content (AvgIpc) is 3.24. The lowest BCUT2D eigenvalue weighted by Gasteiger charge is -2.33. The van der Waals surface area contributed by atoms with Crippen LogP contribution in [0.1, 0.15) is 43.4 Å². The average molecular weight is 545 g/mol. The van der Waals surface area contributed by atoms with Crippen molar-refractivity contribution in [2.75, 3.05) is 56.2 Å². The Balaban J connectivity index is 1.36. The predicted molar refractivity (Wildman–Crippen MR) is 158 cm³/mol. The maximum absolute atomic E-state index is 7.40. The summed E-state index contributed by atoms with van der Waals surface area (Å²) in [6, 6.07) is 13.4. The molecule has 39 heavy (non-hydrogen) atoms. The zero-order valence-electron chi connectivity index (χ0n) is 22.8. The normalized spacial score (nSPS) is 22.0. The van der Waals surface area contributed by atoms with Gasteiger partial charge in [0.25, 0.3) is 0 Å². The quantitative estimate of drug-likeness (QED) is 0.363. The molecule has 0 aliphatic carbocycles. The van der Waals surface area contributed by atoms with E-state index in [0.717, 1.165) is 91.3 Å². The molecular formula is C31H37ClN6O. The number of likely N-dealkylation sites (tertiary alicyclic amines) is 1. The minimum Gasteiger partial charge on any atom is -0.462 e. The molecule has 0 unspecified atom stereocenters. The molecule has 7 nitrogen and oxygen atoms in total. The van der Waals surface area contributed by atoms with Crippen molar-refractivity contribution in [3.63, 3.8) is 0 Å². The second-order valence-corrected chi connectivity index (χ2v) is 11.7. The Kier molecular flexibility index (Phi) is 7.76. The van der Waals surface area contributed by atoms with Gasteiger partial charge in [-0.15, -0.1) is 0 Å². The van der Waals surface area contributed by atoms with Gasteiger partial charge < -0.3 is 24.3 Å². The molecule has 8 heteroatoms. The highest BCUT2D eigenvalue weighted by Gasteiger charge is 2.30. The van der Waals surface area contributed by atoms with Crippen molar-refractivity contribution in [3.05, 3.63) is 64.1 Å². The molecule has 0 bridgehead atoms. The molecule has 2 saturated heterocycles. The molecule has 0 saturated carbocycles. The number of piperidine rings is 1. The van der Waals surface area contributed by atoms with Crippen LogP contribution in [-0.2, 0) is 13.0 Å². The third kappa shape index (κ3) is 5.50. The number of anilines is 2. The molecule has 2 atom stereocenters. The number of hydrogen-bond acceptors (Lipinski definition) is 6. The minimum absolute atomic E-state index is 0.387. The molecular weight excluding hydrogens is 508 g/mol. The molecule has 204 valence electrons. The highest BCUT2D eigenvalue weighted by atomic mass is 35.5. The molecule has 0 amide bonds. The van der Waals surface area contributed by atoms with Crippen LogP contribution in [0.2, 0.25) is 5.02 Å². The Morgan fingerprint density at radius 3 is 2.67 bits per heavy atom. The Morgan fingerprint density at radius 2 is 1.85 bits per heavy atom. The first-order chi connectivity index (χ1) is 19.1. The largest absolute Gasteiger partial charge is 0.462 e. The van der Waals surface area contributed by atoms with Crippen LogP contribution in [0.25, 0.3) is 15.6 Å². The van der Waals surface area contributed by atoms with E-state index in [1.807, 2.05) is 12.1 Å². The molecule has 3 aliphatic rings. The van der Waals surface area contributed by atoms with E-state index < -0.39 is 0 Å². The third-order valence-corrected chi connectivity index (χ3v) is 8.98. The van der Waals surface area contributed by atoms with Crippen LogP contribution in [-0.4, -0.2) is 67.3 Å². The number of benzene rings is 2. The van der Waals surface area contributed by atoms with Gasteiger partial charge in [0, 0.05) is 48.2 Å². The number of halogens is 1. The van der Waals surface area contributed by atoms with Crippen LogP contribution < -0.4 is 14.5 Å². The van der Waals surface area contributed by atoms with Crippen molar-refractivity contribution in [3.8, 4) is 6.01 Å². The molecule has 4 heterocycles. The number of hydrogen-bond donors (Lipinski definition) is 0. The summed E-state index contributed by atoms with van der Waals surface area (Å²) in [6.07, 6.45) is 6.49. The summed E-state index contributed by atoms with van der Waals surface area (Å²) in [6.45, 7) is 13.1. The van der Waals surface area contributed by atoms with E-state index in [9.17, 15) is 0 Å². The molecule has 1 aromatic heterocycles. The maximum atomic E-state index is 7.40.